The molecule has 43 heavy (non-hydrogen) atoms. The van der Waals surface area contributed by atoms with Gasteiger partial charge in [-0.05, 0) is 65.4 Å². The molecule has 5 aromatic rings. The second-order valence-corrected chi connectivity index (χ2v) is 13.2. The summed E-state index contributed by atoms with van der Waals surface area (Å²) in [6.07, 6.45) is 1.90. The molecule has 5 nitrogen and oxygen atoms in total. The second-order valence-electron chi connectivity index (χ2n) is 11.3. The Morgan fingerprint density at radius 3 is 1.98 bits per heavy atom. The van der Waals surface area contributed by atoms with Crippen LogP contribution in [0, 0.1) is 25.7 Å². The number of hydrogen-bond acceptors (Lipinski definition) is 6. The molecule has 0 radical (unpaired) electrons. The summed E-state index contributed by atoms with van der Waals surface area (Å²) in [7, 11) is 0. The van der Waals surface area contributed by atoms with Crippen LogP contribution in [0.15, 0.2) is 95.7 Å². The lowest BCUT2D eigenvalue weighted by molar-refractivity contribution is -0.140. The van der Waals surface area contributed by atoms with Gasteiger partial charge < -0.3 is 14.6 Å². The van der Waals surface area contributed by atoms with Crippen LogP contribution in [-0.4, -0.2) is 16.9 Å². The highest BCUT2D eigenvalue weighted by Crippen LogP contribution is 2.58. The van der Waals surface area contributed by atoms with Crippen LogP contribution < -0.4 is 9.47 Å². The lowest BCUT2D eigenvalue weighted by Crippen LogP contribution is -2.21. The molecule has 0 bridgehead atoms. The summed E-state index contributed by atoms with van der Waals surface area (Å²) < 4.78 is 12.7. The van der Waals surface area contributed by atoms with Crippen LogP contribution in [-0.2, 0) is 20.8 Å². The number of rotatable bonds is 9. The maximum absolute atomic E-state index is 12.2. The molecule has 1 N–H and O–H groups in total. The number of hydrogen-bond donors (Lipinski definition) is 1. The van der Waals surface area contributed by atoms with Crippen molar-refractivity contribution >= 4 is 45.2 Å². The van der Waals surface area contributed by atoms with E-state index in [4.69, 9.17) is 9.47 Å². The Balaban J connectivity index is 0.000000153. The highest BCUT2D eigenvalue weighted by Gasteiger charge is 2.64. The standard InChI is InChI=1S/C18H14O3S.C18H20O2S/c19-17(20)14-11-18(14,16-9-4-10-22-16)21-15-8-3-6-12-5-1-2-7-13(12)15;1-4-15(19)14-11-18(14,17-9-6-10-21-17)20-16-8-5-7-12(2)13(16)3/h1-10,14H,11H2,(H,19,20);5-10,14H,4,11H2,1-3H3/t2*14-,18-/m11/s1. The zero-order valence-corrected chi connectivity index (χ0v) is 26.0. The fourth-order valence-corrected chi connectivity index (χ4v) is 7.67. The van der Waals surface area contributed by atoms with Crippen LogP contribution in [0.4, 0.5) is 0 Å². The smallest absolute Gasteiger partial charge is 0.311 e. The van der Waals surface area contributed by atoms with E-state index in [1.54, 1.807) is 22.7 Å². The Morgan fingerprint density at radius 1 is 0.767 bits per heavy atom. The molecule has 7 rings (SSSR count). The first-order valence-electron chi connectivity index (χ1n) is 14.5. The molecule has 220 valence electrons. The van der Waals surface area contributed by atoms with E-state index in [2.05, 4.69) is 31.4 Å². The SMILES string of the molecule is CCC(=O)[C@H]1C[C@]1(Oc1cccc(C)c1C)c1cccs1.O=C(O)[C@H]1C[C@]1(Oc1cccc2ccccc12)c1cccs1. The van der Waals surface area contributed by atoms with Gasteiger partial charge in [-0.2, -0.15) is 0 Å². The molecule has 3 aromatic carbocycles. The Labute approximate surface area is 259 Å². The minimum absolute atomic E-state index is 0.000984. The van der Waals surface area contributed by atoms with Gasteiger partial charge in [0.25, 0.3) is 0 Å². The van der Waals surface area contributed by atoms with Gasteiger partial charge in [0.05, 0.1) is 5.92 Å². The van der Waals surface area contributed by atoms with Crippen molar-refractivity contribution in [1.29, 1.82) is 0 Å². The van der Waals surface area contributed by atoms with E-state index in [-0.39, 0.29) is 5.92 Å². The van der Waals surface area contributed by atoms with E-state index in [9.17, 15) is 14.7 Å². The summed E-state index contributed by atoms with van der Waals surface area (Å²) in [6, 6.07) is 28.0. The van der Waals surface area contributed by atoms with Gasteiger partial charge in [-0.25, -0.2) is 0 Å². The molecule has 7 heteroatoms. The van der Waals surface area contributed by atoms with Crippen LogP contribution in [0.25, 0.3) is 10.8 Å². The molecule has 2 fully saturated rings. The van der Waals surface area contributed by atoms with E-state index in [1.807, 2.05) is 85.1 Å². The number of carbonyl (C=O) groups excluding carboxylic acids is 1. The maximum Gasteiger partial charge on any atom is 0.311 e. The summed E-state index contributed by atoms with van der Waals surface area (Å²) in [5, 5.41) is 15.5. The van der Waals surface area contributed by atoms with Crippen molar-refractivity contribution in [3.05, 3.63) is 117 Å². The third kappa shape index (κ3) is 5.48. The summed E-state index contributed by atoms with van der Waals surface area (Å²) in [5.74, 6) is 0.665. The van der Waals surface area contributed by atoms with Crippen LogP contribution in [0.5, 0.6) is 11.5 Å². The van der Waals surface area contributed by atoms with E-state index in [0.29, 0.717) is 18.6 Å². The third-order valence-electron chi connectivity index (χ3n) is 8.62. The number of fused-ring (bicyclic) bond motifs is 1. The normalized spacial score (nSPS) is 23.6. The van der Waals surface area contributed by atoms with Gasteiger partial charge >= 0.3 is 5.97 Å². The van der Waals surface area contributed by atoms with Crippen LogP contribution in [0.3, 0.4) is 0 Å². The number of aliphatic carboxylic acids is 1. The molecule has 2 aliphatic carbocycles. The molecule has 4 atom stereocenters. The first-order valence-corrected chi connectivity index (χ1v) is 16.3. The predicted molar refractivity (Wildman–Crippen MR) is 172 cm³/mol. The third-order valence-corrected chi connectivity index (χ3v) is 10.7. The number of ether oxygens (including phenoxy) is 2. The molecular formula is C36H34O5S2. The zero-order chi connectivity index (χ0) is 30.2. The lowest BCUT2D eigenvalue weighted by atomic mass is 10.1. The quantitative estimate of drug-likeness (QED) is 0.180. The van der Waals surface area contributed by atoms with E-state index in [0.717, 1.165) is 44.0 Å². The van der Waals surface area contributed by atoms with Crippen molar-refractivity contribution in [2.24, 2.45) is 11.8 Å². The van der Waals surface area contributed by atoms with E-state index < -0.39 is 23.1 Å². The number of benzene rings is 3. The molecule has 2 aromatic heterocycles. The van der Waals surface area contributed by atoms with Crippen LogP contribution >= 0.6 is 22.7 Å². The Morgan fingerprint density at radius 2 is 1.35 bits per heavy atom. The van der Waals surface area contributed by atoms with Gasteiger partial charge in [-0.15, -0.1) is 22.7 Å². The number of thiophene rings is 2. The van der Waals surface area contributed by atoms with Crippen molar-refractivity contribution in [2.45, 2.75) is 51.2 Å². The number of carboxylic acid groups (broad SMARTS) is 1. The van der Waals surface area contributed by atoms with Gasteiger partial charge in [-0.3, -0.25) is 9.59 Å². The van der Waals surface area contributed by atoms with E-state index in [1.165, 1.54) is 5.56 Å². The van der Waals surface area contributed by atoms with Crippen LogP contribution in [0.2, 0.25) is 0 Å². The fraction of sp³-hybridized carbons (Fsp3) is 0.278. The summed E-state index contributed by atoms with van der Waals surface area (Å²) in [4.78, 5) is 25.7. The largest absolute Gasteiger partial charge is 0.481 e. The Bertz CT molecular complexity index is 1750. The highest BCUT2D eigenvalue weighted by molar-refractivity contribution is 7.10. The van der Waals surface area contributed by atoms with Crippen molar-refractivity contribution in [1.82, 2.24) is 0 Å². The van der Waals surface area contributed by atoms with Crippen molar-refractivity contribution in [3.63, 3.8) is 0 Å². The molecule has 0 amide bonds. The van der Waals surface area contributed by atoms with Crippen molar-refractivity contribution in [3.8, 4) is 11.5 Å². The minimum atomic E-state index is -0.798. The number of carboxylic acids is 1. The van der Waals surface area contributed by atoms with Gasteiger partial charge in [0, 0.05) is 34.4 Å². The molecule has 0 spiro atoms. The fourth-order valence-electron chi connectivity index (χ4n) is 5.82. The average molecular weight is 611 g/mol. The van der Waals surface area contributed by atoms with Crippen molar-refractivity contribution < 1.29 is 24.2 Å². The number of Topliss-reactive ketones (excluding diaryl/α,β-unsaturated/α-hetero) is 1. The van der Waals surface area contributed by atoms with Gasteiger partial charge in [0.2, 0.25) is 0 Å². The second kappa shape index (κ2) is 11.6. The number of carbonyl (C=O) groups is 2. The Kier molecular flexibility index (Phi) is 7.88. The molecule has 2 heterocycles. The summed E-state index contributed by atoms with van der Waals surface area (Å²) in [6.45, 7) is 6.09. The number of ketones is 1. The monoisotopic (exact) mass is 610 g/mol. The van der Waals surface area contributed by atoms with Gasteiger partial charge in [-0.1, -0.05) is 67.6 Å². The van der Waals surface area contributed by atoms with Crippen molar-refractivity contribution in [2.75, 3.05) is 0 Å². The minimum Gasteiger partial charge on any atom is -0.481 e. The predicted octanol–water partition coefficient (Wildman–Crippen LogP) is 8.92. The molecule has 0 aliphatic heterocycles. The molecule has 2 saturated carbocycles. The van der Waals surface area contributed by atoms with E-state index >= 15 is 0 Å². The van der Waals surface area contributed by atoms with Gasteiger partial charge in [0.1, 0.15) is 23.2 Å². The first kappa shape index (κ1) is 29.1. The molecule has 0 saturated heterocycles. The summed E-state index contributed by atoms with van der Waals surface area (Å²) >= 11 is 3.23. The maximum atomic E-state index is 12.2. The topological polar surface area (TPSA) is 72.8 Å². The summed E-state index contributed by atoms with van der Waals surface area (Å²) in [5.41, 5.74) is 1.22. The molecule has 0 unspecified atom stereocenters. The van der Waals surface area contributed by atoms with Gasteiger partial charge in [0.15, 0.2) is 11.2 Å². The van der Waals surface area contributed by atoms with Crippen LogP contribution in [0.1, 0.15) is 47.1 Å². The first-order chi connectivity index (χ1) is 20.8. The zero-order valence-electron chi connectivity index (χ0n) is 24.4. The Hall–Kier alpha value is -3.94. The molecular weight excluding hydrogens is 577 g/mol. The molecule has 2 aliphatic rings. The highest BCUT2D eigenvalue weighted by atomic mass is 32.1. The lowest BCUT2D eigenvalue weighted by Gasteiger charge is -2.21. The number of aryl methyl sites for hydroxylation is 1. The average Bonchev–Trinajstić information content (AvgIpc) is 3.67.